The fourth-order valence-electron chi connectivity index (χ4n) is 2.14. The minimum atomic E-state index is -0.830. The summed E-state index contributed by atoms with van der Waals surface area (Å²) in [5.41, 5.74) is -0.400. The Labute approximate surface area is 77.8 Å². The van der Waals surface area contributed by atoms with Gasteiger partial charge in [0.2, 0.25) is 0 Å². The van der Waals surface area contributed by atoms with E-state index in [4.69, 9.17) is 14.2 Å². The molecule has 4 unspecified atom stereocenters. The molecule has 2 saturated heterocycles. The van der Waals surface area contributed by atoms with Gasteiger partial charge in [0.1, 0.15) is 11.7 Å². The molecule has 2 aliphatic rings. The molecule has 2 rings (SSSR count). The van der Waals surface area contributed by atoms with Crippen molar-refractivity contribution in [1.29, 1.82) is 0 Å². The van der Waals surface area contributed by atoms with Crippen LogP contribution in [0.4, 0.5) is 0 Å². The highest BCUT2D eigenvalue weighted by atomic mass is 16.8. The van der Waals surface area contributed by atoms with Crippen LogP contribution in [0.5, 0.6) is 0 Å². The van der Waals surface area contributed by atoms with Crippen molar-refractivity contribution in [2.45, 2.75) is 43.9 Å². The van der Waals surface area contributed by atoms with Gasteiger partial charge in [0.25, 0.3) is 0 Å². The van der Waals surface area contributed by atoms with Crippen LogP contribution in [0.15, 0.2) is 0 Å². The Morgan fingerprint density at radius 2 is 2.15 bits per heavy atom. The van der Waals surface area contributed by atoms with Gasteiger partial charge in [-0.05, 0) is 13.8 Å². The van der Waals surface area contributed by atoms with Crippen LogP contribution in [0.2, 0.25) is 0 Å². The predicted octanol–water partition coefficient (Wildman–Crippen LogP) is 0.288. The summed E-state index contributed by atoms with van der Waals surface area (Å²) < 4.78 is 16.4. The molecule has 0 aromatic rings. The number of fused-ring (bicyclic) bond motifs is 2. The van der Waals surface area contributed by atoms with Gasteiger partial charge in [0.05, 0.1) is 12.7 Å². The first-order chi connectivity index (χ1) is 6.00. The van der Waals surface area contributed by atoms with Gasteiger partial charge < -0.3 is 19.3 Å². The Hall–Kier alpha value is -0.160. The molecule has 2 heterocycles. The highest BCUT2D eigenvalue weighted by Gasteiger charge is 2.58. The topological polar surface area (TPSA) is 47.9 Å². The molecule has 0 saturated carbocycles. The fourth-order valence-corrected chi connectivity index (χ4v) is 2.14. The summed E-state index contributed by atoms with van der Waals surface area (Å²) in [6.45, 7) is 4.21. The molecule has 0 spiro atoms. The lowest BCUT2D eigenvalue weighted by Crippen LogP contribution is -2.55. The zero-order valence-corrected chi connectivity index (χ0v) is 8.24. The molecule has 4 nitrogen and oxygen atoms in total. The molecule has 0 aromatic carbocycles. The van der Waals surface area contributed by atoms with Gasteiger partial charge in [-0.2, -0.15) is 0 Å². The molecule has 2 fully saturated rings. The number of methoxy groups -OCH3 is 1. The number of hydrogen-bond acceptors (Lipinski definition) is 4. The van der Waals surface area contributed by atoms with Crippen LogP contribution in [0.1, 0.15) is 20.3 Å². The van der Waals surface area contributed by atoms with Crippen LogP contribution < -0.4 is 0 Å². The molecule has 4 atom stereocenters. The van der Waals surface area contributed by atoms with E-state index in [9.17, 15) is 5.11 Å². The molecule has 2 bridgehead atoms. The summed E-state index contributed by atoms with van der Waals surface area (Å²) in [4.78, 5) is 0. The van der Waals surface area contributed by atoms with Crippen molar-refractivity contribution in [3.8, 4) is 0 Å². The second-order valence-electron chi connectivity index (χ2n) is 4.20. The Kier molecular flexibility index (Phi) is 1.93. The molecule has 2 aliphatic heterocycles. The molecule has 0 aliphatic carbocycles. The molecular weight excluding hydrogens is 172 g/mol. The van der Waals surface area contributed by atoms with E-state index in [0.717, 1.165) is 0 Å². The molecule has 76 valence electrons. The molecule has 13 heavy (non-hydrogen) atoms. The van der Waals surface area contributed by atoms with Crippen LogP contribution in [0.25, 0.3) is 0 Å². The van der Waals surface area contributed by atoms with Gasteiger partial charge in [-0.25, -0.2) is 0 Å². The zero-order valence-electron chi connectivity index (χ0n) is 8.24. The lowest BCUT2D eigenvalue weighted by molar-refractivity contribution is -0.276. The van der Waals surface area contributed by atoms with E-state index in [0.29, 0.717) is 13.0 Å². The van der Waals surface area contributed by atoms with E-state index in [1.54, 1.807) is 14.0 Å². The van der Waals surface area contributed by atoms with Gasteiger partial charge in [0, 0.05) is 13.5 Å². The summed E-state index contributed by atoms with van der Waals surface area (Å²) in [6, 6.07) is 0. The largest absolute Gasteiger partial charge is 0.387 e. The van der Waals surface area contributed by atoms with Gasteiger partial charge in [-0.3, -0.25) is 0 Å². The molecule has 4 heteroatoms. The van der Waals surface area contributed by atoms with E-state index in [2.05, 4.69) is 0 Å². The van der Waals surface area contributed by atoms with Gasteiger partial charge in [0.15, 0.2) is 5.79 Å². The highest BCUT2D eigenvalue weighted by Crippen LogP contribution is 2.43. The van der Waals surface area contributed by atoms with Crippen LogP contribution in [-0.4, -0.2) is 42.4 Å². The van der Waals surface area contributed by atoms with E-state index < -0.39 is 17.5 Å². The normalized spacial score (nSPS) is 55.4. The zero-order chi connectivity index (χ0) is 9.69. The summed E-state index contributed by atoms with van der Waals surface area (Å²) in [5, 5.41) is 9.74. The average molecular weight is 188 g/mol. The monoisotopic (exact) mass is 188 g/mol. The van der Waals surface area contributed by atoms with Crippen LogP contribution in [-0.2, 0) is 14.2 Å². The second kappa shape index (κ2) is 2.67. The summed E-state index contributed by atoms with van der Waals surface area (Å²) in [7, 11) is 1.63. The van der Waals surface area contributed by atoms with Crippen molar-refractivity contribution in [2.75, 3.05) is 13.7 Å². The third kappa shape index (κ3) is 1.21. The van der Waals surface area contributed by atoms with E-state index >= 15 is 0 Å². The molecule has 0 radical (unpaired) electrons. The quantitative estimate of drug-likeness (QED) is 0.642. The fraction of sp³-hybridized carbons (Fsp3) is 1.00. The van der Waals surface area contributed by atoms with Crippen LogP contribution >= 0.6 is 0 Å². The molecule has 0 amide bonds. The summed E-state index contributed by atoms with van der Waals surface area (Å²) in [6.07, 6.45) is -0.116. The van der Waals surface area contributed by atoms with Crippen LogP contribution in [0, 0.1) is 0 Å². The van der Waals surface area contributed by atoms with Crippen molar-refractivity contribution in [3.63, 3.8) is 0 Å². The first-order valence-corrected chi connectivity index (χ1v) is 4.55. The second-order valence-corrected chi connectivity index (χ2v) is 4.20. The first kappa shape index (κ1) is 9.40. The van der Waals surface area contributed by atoms with Crippen molar-refractivity contribution < 1.29 is 19.3 Å². The third-order valence-corrected chi connectivity index (χ3v) is 3.09. The average Bonchev–Trinajstić information content (AvgIpc) is 2.35. The highest BCUT2D eigenvalue weighted by molar-refractivity contribution is 5.01. The molecular formula is C9H16O4. The Morgan fingerprint density at radius 3 is 2.77 bits per heavy atom. The van der Waals surface area contributed by atoms with Crippen LogP contribution in [0.3, 0.4) is 0 Å². The number of rotatable bonds is 1. The maximum absolute atomic E-state index is 9.74. The van der Waals surface area contributed by atoms with Crippen molar-refractivity contribution in [2.24, 2.45) is 0 Å². The lowest BCUT2D eigenvalue weighted by Gasteiger charge is -2.41. The minimum absolute atomic E-state index is 0.0851. The standard InChI is InChI=1S/C9H16O4/c1-8-5-12-9(2,13-8)6(10)4-7(8)11-3/h6-7,10H,4-5H2,1-3H3. The van der Waals surface area contributed by atoms with E-state index in [1.165, 1.54) is 0 Å². The maximum Gasteiger partial charge on any atom is 0.192 e. The number of aliphatic hydroxyl groups excluding tert-OH is 1. The number of hydrogen-bond donors (Lipinski definition) is 1. The maximum atomic E-state index is 9.74. The van der Waals surface area contributed by atoms with Crippen molar-refractivity contribution in [3.05, 3.63) is 0 Å². The third-order valence-electron chi connectivity index (χ3n) is 3.09. The first-order valence-electron chi connectivity index (χ1n) is 4.55. The number of ether oxygens (including phenoxy) is 3. The summed E-state index contributed by atoms with van der Waals surface area (Å²) in [5.74, 6) is -0.830. The summed E-state index contributed by atoms with van der Waals surface area (Å²) >= 11 is 0. The van der Waals surface area contributed by atoms with Crippen molar-refractivity contribution in [1.82, 2.24) is 0 Å². The van der Waals surface area contributed by atoms with E-state index in [1.807, 2.05) is 6.92 Å². The Morgan fingerprint density at radius 1 is 1.46 bits per heavy atom. The molecule has 0 aromatic heterocycles. The lowest BCUT2D eigenvalue weighted by atomic mass is 9.90. The van der Waals surface area contributed by atoms with Gasteiger partial charge >= 0.3 is 0 Å². The van der Waals surface area contributed by atoms with Crippen molar-refractivity contribution >= 4 is 0 Å². The van der Waals surface area contributed by atoms with Gasteiger partial charge in [-0.15, -0.1) is 0 Å². The van der Waals surface area contributed by atoms with E-state index in [-0.39, 0.29) is 6.10 Å². The Balaban J connectivity index is 2.24. The minimum Gasteiger partial charge on any atom is -0.387 e. The SMILES string of the molecule is COC1CC(O)C2(C)OCC1(C)O2. The van der Waals surface area contributed by atoms with Gasteiger partial charge in [-0.1, -0.05) is 0 Å². The Bertz CT molecular complexity index is 220. The smallest absolute Gasteiger partial charge is 0.192 e. The number of aliphatic hydroxyl groups is 1. The molecule has 1 N–H and O–H groups in total. The predicted molar refractivity (Wildman–Crippen MR) is 45.3 cm³/mol.